The van der Waals surface area contributed by atoms with E-state index in [1.165, 1.54) is 17.0 Å². The number of fused-ring (bicyclic) bond motifs is 1. The van der Waals surface area contributed by atoms with Crippen LogP contribution >= 0.6 is 11.3 Å². The highest BCUT2D eigenvalue weighted by molar-refractivity contribution is 7.12. The van der Waals surface area contributed by atoms with Gasteiger partial charge in [0.15, 0.2) is 0 Å². The first kappa shape index (κ1) is 11.7. The van der Waals surface area contributed by atoms with E-state index in [4.69, 9.17) is 10.5 Å². The number of aryl methyl sites for hydroxylation is 1. The molecule has 0 amide bonds. The number of nitrogens with two attached hydrogens (primary N) is 1. The van der Waals surface area contributed by atoms with Crippen LogP contribution in [0.1, 0.15) is 33.9 Å². The fourth-order valence-corrected chi connectivity index (χ4v) is 3.20. The van der Waals surface area contributed by atoms with Crippen LogP contribution in [0.4, 0.5) is 4.39 Å². The van der Waals surface area contributed by atoms with Crippen LogP contribution in [0.15, 0.2) is 30.3 Å². The Bertz CT molecular complexity index is 581. The number of halogens is 1. The molecule has 0 spiro atoms. The second-order valence-electron chi connectivity index (χ2n) is 4.58. The van der Waals surface area contributed by atoms with Crippen molar-refractivity contribution in [1.82, 2.24) is 0 Å². The van der Waals surface area contributed by atoms with Crippen LogP contribution < -0.4 is 10.5 Å². The molecule has 18 heavy (non-hydrogen) atoms. The highest BCUT2D eigenvalue weighted by Gasteiger charge is 2.28. The quantitative estimate of drug-likeness (QED) is 0.851. The van der Waals surface area contributed by atoms with Crippen molar-refractivity contribution < 1.29 is 9.13 Å². The molecule has 0 radical (unpaired) electrons. The van der Waals surface area contributed by atoms with Crippen molar-refractivity contribution in [2.24, 2.45) is 5.73 Å². The second kappa shape index (κ2) is 4.37. The van der Waals surface area contributed by atoms with Crippen LogP contribution in [0.5, 0.6) is 5.75 Å². The minimum atomic E-state index is -0.288. The summed E-state index contributed by atoms with van der Waals surface area (Å²) < 4.78 is 19.1. The van der Waals surface area contributed by atoms with Crippen molar-refractivity contribution in [1.29, 1.82) is 0 Å². The smallest absolute Gasteiger partial charge is 0.135 e. The summed E-state index contributed by atoms with van der Waals surface area (Å²) in [6, 6.07) is 8.59. The summed E-state index contributed by atoms with van der Waals surface area (Å²) in [5.74, 6) is 0.286. The molecule has 0 fully saturated rings. The van der Waals surface area contributed by atoms with E-state index in [1.54, 1.807) is 17.4 Å². The Labute approximate surface area is 109 Å². The zero-order valence-corrected chi connectivity index (χ0v) is 10.8. The van der Waals surface area contributed by atoms with E-state index in [0.29, 0.717) is 5.75 Å². The zero-order chi connectivity index (χ0) is 12.7. The maximum Gasteiger partial charge on any atom is 0.135 e. The number of ether oxygens (including phenoxy) is 1. The van der Waals surface area contributed by atoms with E-state index in [9.17, 15) is 4.39 Å². The predicted molar refractivity (Wildman–Crippen MR) is 70.4 cm³/mol. The lowest BCUT2D eigenvalue weighted by Crippen LogP contribution is -2.23. The second-order valence-corrected chi connectivity index (χ2v) is 5.90. The molecule has 0 bridgehead atoms. The van der Waals surface area contributed by atoms with Gasteiger partial charge < -0.3 is 10.5 Å². The topological polar surface area (TPSA) is 35.2 Å². The number of thiophene rings is 1. The van der Waals surface area contributed by atoms with Crippen LogP contribution in [-0.4, -0.2) is 0 Å². The Hall–Kier alpha value is -1.39. The lowest BCUT2D eigenvalue weighted by atomic mass is 9.96. The van der Waals surface area contributed by atoms with Crippen molar-refractivity contribution in [2.45, 2.75) is 25.5 Å². The summed E-state index contributed by atoms with van der Waals surface area (Å²) in [4.78, 5) is 2.39. The average molecular weight is 263 g/mol. The van der Waals surface area contributed by atoms with Gasteiger partial charge in [0.1, 0.15) is 17.7 Å². The normalized spacial score (nSPS) is 22.4. The molecule has 1 unspecified atom stereocenters. The van der Waals surface area contributed by atoms with E-state index in [2.05, 4.69) is 19.1 Å². The Morgan fingerprint density at radius 3 is 2.89 bits per heavy atom. The van der Waals surface area contributed by atoms with Gasteiger partial charge in [0.05, 0.1) is 0 Å². The van der Waals surface area contributed by atoms with Crippen LogP contribution in [0, 0.1) is 12.7 Å². The third kappa shape index (κ3) is 2.02. The fourth-order valence-electron chi connectivity index (χ4n) is 2.28. The molecule has 3 rings (SSSR count). The third-order valence-corrected chi connectivity index (χ3v) is 4.28. The van der Waals surface area contributed by atoms with Crippen LogP contribution in [-0.2, 0) is 0 Å². The highest BCUT2D eigenvalue weighted by Crippen LogP contribution is 2.41. The average Bonchev–Trinajstić information content (AvgIpc) is 2.75. The van der Waals surface area contributed by atoms with E-state index < -0.39 is 0 Å². The molecule has 2 nitrogen and oxygen atoms in total. The minimum Gasteiger partial charge on any atom is -0.484 e. The van der Waals surface area contributed by atoms with Gasteiger partial charge in [-0.1, -0.05) is 6.07 Å². The Balaban J connectivity index is 1.95. The van der Waals surface area contributed by atoms with E-state index in [0.717, 1.165) is 16.9 Å². The van der Waals surface area contributed by atoms with Crippen molar-refractivity contribution in [3.8, 4) is 5.75 Å². The number of benzene rings is 1. The number of rotatable bonds is 1. The first-order valence-corrected chi connectivity index (χ1v) is 6.73. The number of hydrogen-bond donors (Lipinski definition) is 1. The maximum atomic E-state index is 13.2. The van der Waals surface area contributed by atoms with E-state index in [-0.39, 0.29) is 18.0 Å². The molecule has 2 N–H and O–H groups in total. The molecule has 2 heterocycles. The minimum absolute atomic E-state index is 0.0620. The van der Waals surface area contributed by atoms with Crippen molar-refractivity contribution in [3.05, 3.63) is 51.5 Å². The van der Waals surface area contributed by atoms with E-state index in [1.807, 2.05) is 0 Å². The summed E-state index contributed by atoms with van der Waals surface area (Å²) in [7, 11) is 0. The molecule has 1 aliphatic heterocycles. The molecule has 1 aromatic carbocycles. The number of hydrogen-bond acceptors (Lipinski definition) is 3. The van der Waals surface area contributed by atoms with Crippen LogP contribution in [0.3, 0.4) is 0 Å². The first-order valence-electron chi connectivity index (χ1n) is 5.91. The van der Waals surface area contributed by atoms with Crippen molar-refractivity contribution >= 4 is 11.3 Å². The Morgan fingerprint density at radius 1 is 1.33 bits per heavy atom. The Morgan fingerprint density at radius 2 is 2.17 bits per heavy atom. The van der Waals surface area contributed by atoms with Gasteiger partial charge in [0.25, 0.3) is 0 Å². The fraction of sp³-hybridized carbons (Fsp3) is 0.286. The standard InChI is InChI=1S/C14H14FNOS/c1-8-2-5-14(18-8)13-7-11(16)10-4-3-9(15)6-12(10)17-13/h2-6,11,13H,7,16H2,1H3/t11-,13?/m1/s1. The summed E-state index contributed by atoms with van der Waals surface area (Å²) in [6.07, 6.45) is 0.673. The van der Waals surface area contributed by atoms with Gasteiger partial charge in [-0.05, 0) is 25.1 Å². The monoisotopic (exact) mass is 263 g/mol. The first-order chi connectivity index (χ1) is 8.63. The molecule has 1 aliphatic rings. The van der Waals surface area contributed by atoms with Gasteiger partial charge >= 0.3 is 0 Å². The molecule has 1 aromatic heterocycles. The lowest BCUT2D eigenvalue weighted by Gasteiger charge is -2.29. The molecular formula is C14H14FNOS. The highest BCUT2D eigenvalue weighted by atomic mass is 32.1. The summed E-state index contributed by atoms with van der Waals surface area (Å²) in [5.41, 5.74) is 7.02. The predicted octanol–water partition coefficient (Wildman–Crippen LogP) is 3.72. The van der Waals surface area contributed by atoms with Crippen LogP contribution in [0.2, 0.25) is 0 Å². The summed E-state index contributed by atoms with van der Waals surface area (Å²) >= 11 is 1.70. The molecule has 2 atom stereocenters. The molecule has 2 aromatic rings. The van der Waals surface area contributed by atoms with Gasteiger partial charge in [-0.25, -0.2) is 4.39 Å². The van der Waals surface area contributed by atoms with Gasteiger partial charge in [0, 0.05) is 33.8 Å². The summed E-state index contributed by atoms with van der Waals surface area (Å²) in [5, 5.41) is 0. The largest absolute Gasteiger partial charge is 0.484 e. The van der Waals surface area contributed by atoms with Gasteiger partial charge in [-0.2, -0.15) is 0 Å². The zero-order valence-electron chi connectivity index (χ0n) is 10.0. The van der Waals surface area contributed by atoms with E-state index >= 15 is 0 Å². The maximum absolute atomic E-state index is 13.2. The molecule has 4 heteroatoms. The lowest BCUT2D eigenvalue weighted by molar-refractivity contribution is 0.164. The molecule has 0 saturated carbocycles. The molecular weight excluding hydrogens is 249 g/mol. The van der Waals surface area contributed by atoms with Gasteiger partial charge in [-0.15, -0.1) is 11.3 Å². The SMILES string of the molecule is Cc1ccc(C2C[C@@H](N)c3ccc(F)cc3O2)s1. The van der Waals surface area contributed by atoms with Gasteiger partial charge in [-0.3, -0.25) is 0 Å². The van der Waals surface area contributed by atoms with Crippen molar-refractivity contribution in [2.75, 3.05) is 0 Å². The Kier molecular flexibility index (Phi) is 2.84. The van der Waals surface area contributed by atoms with Gasteiger partial charge in [0.2, 0.25) is 0 Å². The van der Waals surface area contributed by atoms with Crippen LogP contribution in [0.25, 0.3) is 0 Å². The molecule has 0 saturated heterocycles. The summed E-state index contributed by atoms with van der Waals surface area (Å²) in [6.45, 7) is 2.06. The third-order valence-electron chi connectivity index (χ3n) is 3.19. The molecule has 0 aliphatic carbocycles. The van der Waals surface area contributed by atoms with Crippen molar-refractivity contribution in [3.63, 3.8) is 0 Å². The molecule has 94 valence electrons.